The van der Waals surface area contributed by atoms with E-state index < -0.39 is 0 Å². The molecule has 5 nitrogen and oxygen atoms in total. The number of rotatable bonds is 6. The Morgan fingerprint density at radius 3 is 3.05 bits per heavy atom. The number of amides is 1. The van der Waals surface area contributed by atoms with Crippen LogP contribution in [0, 0.1) is 11.7 Å². The number of carbonyl (C=O) groups is 1. The molecule has 0 spiro atoms. The van der Waals surface area contributed by atoms with Gasteiger partial charge in [-0.15, -0.1) is 5.10 Å². The first-order valence-electron chi connectivity index (χ1n) is 7.10. The van der Waals surface area contributed by atoms with E-state index in [2.05, 4.69) is 15.5 Å². The van der Waals surface area contributed by atoms with E-state index in [1.54, 1.807) is 12.3 Å². The van der Waals surface area contributed by atoms with Crippen molar-refractivity contribution in [3.05, 3.63) is 35.1 Å². The van der Waals surface area contributed by atoms with Crippen molar-refractivity contribution in [1.82, 2.24) is 5.32 Å². The first kappa shape index (κ1) is 15.2. The van der Waals surface area contributed by atoms with Gasteiger partial charge in [-0.1, -0.05) is 17.8 Å². The molecular formula is C15H16FN3O2S. The maximum atomic E-state index is 13.4. The second kappa shape index (κ2) is 7.02. The maximum absolute atomic E-state index is 13.4. The molecule has 22 heavy (non-hydrogen) atoms. The van der Waals surface area contributed by atoms with Crippen molar-refractivity contribution in [3.8, 4) is 0 Å². The van der Waals surface area contributed by atoms with Gasteiger partial charge in [0, 0.05) is 12.2 Å². The lowest BCUT2D eigenvalue weighted by molar-refractivity contribution is -0.116. The Balaban J connectivity index is 1.64. The average Bonchev–Trinajstić information content (AvgIpc) is 3.22. The minimum Gasteiger partial charge on any atom is -0.376 e. The highest BCUT2D eigenvalue weighted by Crippen LogP contribution is 2.29. The van der Waals surface area contributed by atoms with Crippen molar-refractivity contribution in [2.45, 2.75) is 19.4 Å². The Kier molecular flexibility index (Phi) is 4.84. The van der Waals surface area contributed by atoms with E-state index >= 15 is 0 Å². The monoisotopic (exact) mass is 321 g/mol. The molecule has 1 saturated carbocycles. The molecule has 0 bridgehead atoms. The summed E-state index contributed by atoms with van der Waals surface area (Å²) in [6, 6.07) is 4.48. The minimum absolute atomic E-state index is 0.0742. The van der Waals surface area contributed by atoms with Crippen molar-refractivity contribution in [2.24, 2.45) is 16.1 Å². The predicted molar refractivity (Wildman–Crippen MR) is 84.4 cm³/mol. The van der Waals surface area contributed by atoms with Crippen LogP contribution in [0.15, 0.2) is 28.4 Å². The highest BCUT2D eigenvalue weighted by atomic mass is 32.2. The number of nitrogens with one attached hydrogen (secondary N) is 1. The molecule has 2 fully saturated rings. The van der Waals surface area contributed by atoms with Crippen LogP contribution in [0.1, 0.15) is 24.0 Å². The van der Waals surface area contributed by atoms with Gasteiger partial charge < -0.3 is 10.1 Å². The number of nitrogens with zero attached hydrogens (tertiary/aromatic N) is 2. The largest absolute Gasteiger partial charge is 0.376 e. The molecule has 1 saturated heterocycles. The summed E-state index contributed by atoms with van der Waals surface area (Å²) in [6.45, 7) is 1.08. The molecule has 2 aliphatic rings. The fourth-order valence-corrected chi connectivity index (χ4v) is 2.60. The third kappa shape index (κ3) is 4.38. The van der Waals surface area contributed by atoms with Crippen molar-refractivity contribution in [2.75, 3.05) is 12.4 Å². The molecule has 1 aromatic carbocycles. The van der Waals surface area contributed by atoms with E-state index in [4.69, 9.17) is 4.74 Å². The van der Waals surface area contributed by atoms with E-state index in [0.29, 0.717) is 23.4 Å². The van der Waals surface area contributed by atoms with Gasteiger partial charge in [-0.25, -0.2) is 4.39 Å². The lowest BCUT2D eigenvalue weighted by atomic mass is 10.1. The first-order valence-corrected chi connectivity index (χ1v) is 8.09. The zero-order chi connectivity index (χ0) is 15.4. The summed E-state index contributed by atoms with van der Waals surface area (Å²) >= 11 is 1.31. The lowest BCUT2D eigenvalue weighted by Gasteiger charge is -2.07. The number of amidine groups is 1. The van der Waals surface area contributed by atoms with Gasteiger partial charge >= 0.3 is 0 Å². The molecule has 0 aromatic heterocycles. The fourth-order valence-electron chi connectivity index (χ4n) is 1.97. The molecule has 1 aromatic rings. The standard InChI is InChI=1S/C15H16FN3O2S/c16-13-4-3-11(6-17-19-15-18-14(20)9-22-15)12(5-13)8-21-7-10-1-2-10/h3-6,10H,1-2,7-9H2,(H,18,19,20). The van der Waals surface area contributed by atoms with E-state index in [1.165, 1.54) is 36.7 Å². The second-order valence-electron chi connectivity index (χ2n) is 5.29. The number of hydrogen-bond acceptors (Lipinski definition) is 5. The van der Waals surface area contributed by atoms with Crippen LogP contribution in [-0.2, 0) is 16.1 Å². The zero-order valence-corrected chi connectivity index (χ0v) is 12.7. The molecule has 1 N–H and O–H groups in total. The van der Waals surface area contributed by atoms with Crippen LogP contribution in [0.4, 0.5) is 4.39 Å². The van der Waals surface area contributed by atoms with E-state index in [9.17, 15) is 9.18 Å². The Morgan fingerprint density at radius 2 is 2.32 bits per heavy atom. The van der Waals surface area contributed by atoms with Crippen LogP contribution in [0.5, 0.6) is 0 Å². The van der Waals surface area contributed by atoms with Gasteiger partial charge in [-0.05, 0) is 36.5 Å². The Bertz CT molecular complexity index is 629. The van der Waals surface area contributed by atoms with Crippen LogP contribution in [-0.4, -0.2) is 29.6 Å². The molecule has 0 unspecified atom stereocenters. The molecular weight excluding hydrogens is 305 g/mol. The van der Waals surface area contributed by atoms with Gasteiger partial charge in [0.05, 0.1) is 18.6 Å². The molecule has 0 radical (unpaired) electrons. The molecule has 116 valence electrons. The summed E-state index contributed by atoms with van der Waals surface area (Å²) < 4.78 is 19.0. The van der Waals surface area contributed by atoms with Gasteiger partial charge in [-0.2, -0.15) is 5.10 Å². The third-order valence-electron chi connectivity index (χ3n) is 3.34. The van der Waals surface area contributed by atoms with Crippen LogP contribution in [0.25, 0.3) is 0 Å². The van der Waals surface area contributed by atoms with Gasteiger partial charge in [0.25, 0.3) is 0 Å². The Hall–Kier alpha value is -1.73. The number of thioether (sulfide) groups is 1. The van der Waals surface area contributed by atoms with E-state index in [0.717, 1.165) is 17.7 Å². The van der Waals surface area contributed by atoms with Crippen LogP contribution >= 0.6 is 11.8 Å². The minimum atomic E-state index is -0.299. The Labute approximate surface area is 132 Å². The van der Waals surface area contributed by atoms with Crippen molar-refractivity contribution < 1.29 is 13.9 Å². The second-order valence-corrected chi connectivity index (χ2v) is 6.25. The number of carbonyl (C=O) groups excluding carboxylic acids is 1. The quantitative estimate of drug-likeness (QED) is 0.646. The topological polar surface area (TPSA) is 63.0 Å². The highest BCUT2D eigenvalue weighted by Gasteiger charge is 2.21. The smallest absolute Gasteiger partial charge is 0.236 e. The number of halogens is 1. The average molecular weight is 321 g/mol. The molecule has 3 rings (SSSR count). The Morgan fingerprint density at radius 1 is 1.45 bits per heavy atom. The molecule has 7 heteroatoms. The number of hydrogen-bond donors (Lipinski definition) is 1. The fraction of sp³-hybridized carbons (Fsp3) is 0.400. The van der Waals surface area contributed by atoms with Crippen molar-refractivity contribution >= 4 is 29.1 Å². The maximum Gasteiger partial charge on any atom is 0.236 e. The SMILES string of the molecule is O=C1CSC(=NN=Cc2ccc(F)cc2COCC2CC2)N1. The van der Waals surface area contributed by atoms with Crippen LogP contribution < -0.4 is 5.32 Å². The van der Waals surface area contributed by atoms with Gasteiger partial charge in [0.1, 0.15) is 5.82 Å². The summed E-state index contributed by atoms with van der Waals surface area (Å²) in [4.78, 5) is 11.0. The van der Waals surface area contributed by atoms with Crippen LogP contribution in [0.2, 0.25) is 0 Å². The number of benzene rings is 1. The molecule has 1 amide bonds. The van der Waals surface area contributed by atoms with Crippen molar-refractivity contribution in [1.29, 1.82) is 0 Å². The molecule has 1 aliphatic carbocycles. The summed E-state index contributed by atoms with van der Waals surface area (Å²) in [5.41, 5.74) is 1.50. The summed E-state index contributed by atoms with van der Waals surface area (Å²) in [7, 11) is 0. The predicted octanol–water partition coefficient (Wildman–Crippen LogP) is 2.31. The molecule has 0 atom stereocenters. The van der Waals surface area contributed by atoms with Crippen molar-refractivity contribution in [3.63, 3.8) is 0 Å². The van der Waals surface area contributed by atoms with Crippen LogP contribution in [0.3, 0.4) is 0 Å². The lowest BCUT2D eigenvalue weighted by Crippen LogP contribution is -2.19. The van der Waals surface area contributed by atoms with E-state index in [-0.39, 0.29) is 11.7 Å². The number of ether oxygens (including phenoxy) is 1. The van der Waals surface area contributed by atoms with Gasteiger partial charge in [0.2, 0.25) is 5.91 Å². The molecule has 1 aliphatic heterocycles. The third-order valence-corrected chi connectivity index (χ3v) is 4.21. The van der Waals surface area contributed by atoms with Gasteiger partial charge in [-0.3, -0.25) is 4.79 Å². The van der Waals surface area contributed by atoms with Gasteiger partial charge in [0.15, 0.2) is 5.17 Å². The summed E-state index contributed by atoms with van der Waals surface area (Å²) in [5, 5.41) is 11.0. The summed E-state index contributed by atoms with van der Waals surface area (Å²) in [6.07, 6.45) is 3.99. The zero-order valence-electron chi connectivity index (χ0n) is 11.9. The molecule has 1 heterocycles. The summed E-state index contributed by atoms with van der Waals surface area (Å²) in [5.74, 6) is 0.660. The highest BCUT2D eigenvalue weighted by molar-refractivity contribution is 8.15. The van der Waals surface area contributed by atoms with E-state index in [1.807, 2.05) is 0 Å². The normalized spacial score (nSPS) is 20.0. The first-order chi connectivity index (χ1) is 10.7.